The molecule has 0 spiro atoms. The number of aliphatic hydroxyl groups excluding tert-OH is 1. The molecule has 2 rings (SSSR count). The lowest BCUT2D eigenvalue weighted by atomic mass is 10.1. The van der Waals surface area contributed by atoms with E-state index < -0.39 is 6.10 Å². The van der Waals surface area contributed by atoms with Crippen LogP contribution in [-0.2, 0) is 0 Å². The molecule has 1 heterocycles. The van der Waals surface area contributed by atoms with Gasteiger partial charge in [0, 0.05) is 34.9 Å². The van der Waals surface area contributed by atoms with Crippen LogP contribution in [0.2, 0.25) is 0 Å². The van der Waals surface area contributed by atoms with Crippen molar-refractivity contribution in [1.29, 1.82) is 0 Å². The third-order valence-electron chi connectivity index (χ3n) is 3.48. The first kappa shape index (κ1) is 15.3. The number of hydrogen-bond acceptors (Lipinski definition) is 4. The SMILES string of the molecule is CN(C)CC1CC(O)CN1C(=O)c1ccc(N)c(Br)c1. The number of likely N-dealkylation sites (tertiary alicyclic amines) is 1. The maximum Gasteiger partial charge on any atom is 0.254 e. The molecule has 1 aliphatic rings. The largest absolute Gasteiger partial charge is 0.398 e. The van der Waals surface area contributed by atoms with Gasteiger partial charge in [0.25, 0.3) is 5.91 Å². The smallest absolute Gasteiger partial charge is 0.254 e. The molecular formula is C14H20BrN3O2. The van der Waals surface area contributed by atoms with E-state index in [-0.39, 0.29) is 11.9 Å². The molecule has 5 nitrogen and oxygen atoms in total. The van der Waals surface area contributed by atoms with E-state index in [9.17, 15) is 9.90 Å². The van der Waals surface area contributed by atoms with Gasteiger partial charge in [0.2, 0.25) is 0 Å². The zero-order chi connectivity index (χ0) is 14.9. The van der Waals surface area contributed by atoms with E-state index in [1.54, 1.807) is 23.1 Å². The van der Waals surface area contributed by atoms with Crippen LogP contribution in [0.4, 0.5) is 5.69 Å². The Kier molecular flexibility index (Phi) is 4.67. The number of carbonyl (C=O) groups is 1. The number of aliphatic hydroxyl groups is 1. The number of β-amino-alcohol motifs (C(OH)–C–C–N with tert-alkyl or cyclic N) is 1. The lowest BCUT2D eigenvalue weighted by Crippen LogP contribution is -2.41. The number of halogens is 1. The first-order chi connectivity index (χ1) is 9.38. The lowest BCUT2D eigenvalue weighted by molar-refractivity contribution is 0.0699. The van der Waals surface area contributed by atoms with Gasteiger partial charge in [-0.3, -0.25) is 4.79 Å². The lowest BCUT2D eigenvalue weighted by Gasteiger charge is -2.27. The molecule has 1 saturated heterocycles. The topological polar surface area (TPSA) is 69.8 Å². The van der Waals surface area contributed by atoms with Crippen LogP contribution in [0.25, 0.3) is 0 Å². The number of anilines is 1. The molecule has 1 aromatic carbocycles. The van der Waals surface area contributed by atoms with Crippen LogP contribution < -0.4 is 5.73 Å². The standard InChI is InChI=1S/C14H20BrN3O2/c1-17(2)7-10-6-11(19)8-18(10)14(20)9-3-4-13(16)12(15)5-9/h3-5,10-11,19H,6-8,16H2,1-2H3. The number of carbonyl (C=O) groups excluding carboxylic acids is 1. The summed E-state index contributed by atoms with van der Waals surface area (Å²) < 4.78 is 0.715. The molecule has 0 saturated carbocycles. The number of hydrogen-bond donors (Lipinski definition) is 2. The summed E-state index contributed by atoms with van der Waals surface area (Å²) >= 11 is 3.34. The highest BCUT2D eigenvalue weighted by molar-refractivity contribution is 9.10. The van der Waals surface area contributed by atoms with Crippen LogP contribution in [0.15, 0.2) is 22.7 Å². The number of nitrogen functional groups attached to an aromatic ring is 1. The van der Waals surface area contributed by atoms with Crippen molar-refractivity contribution in [3.8, 4) is 0 Å². The molecular weight excluding hydrogens is 322 g/mol. The number of nitrogens with two attached hydrogens (primary N) is 1. The molecule has 0 radical (unpaired) electrons. The van der Waals surface area contributed by atoms with E-state index in [0.29, 0.717) is 28.7 Å². The third-order valence-corrected chi connectivity index (χ3v) is 4.16. The Labute approximate surface area is 127 Å². The zero-order valence-electron chi connectivity index (χ0n) is 11.7. The van der Waals surface area contributed by atoms with Gasteiger partial charge < -0.3 is 20.6 Å². The zero-order valence-corrected chi connectivity index (χ0v) is 13.3. The monoisotopic (exact) mass is 341 g/mol. The molecule has 1 amide bonds. The number of nitrogens with zero attached hydrogens (tertiary/aromatic N) is 2. The molecule has 110 valence electrons. The minimum absolute atomic E-state index is 0.0452. The Hall–Kier alpha value is -1.11. The number of rotatable bonds is 3. The van der Waals surface area contributed by atoms with Crippen molar-refractivity contribution in [2.45, 2.75) is 18.6 Å². The van der Waals surface area contributed by atoms with E-state index in [2.05, 4.69) is 15.9 Å². The maximum atomic E-state index is 12.6. The van der Waals surface area contributed by atoms with Crippen LogP contribution in [-0.4, -0.2) is 60.1 Å². The molecule has 1 aliphatic heterocycles. The van der Waals surface area contributed by atoms with Gasteiger partial charge in [-0.2, -0.15) is 0 Å². The first-order valence-corrected chi connectivity index (χ1v) is 7.36. The summed E-state index contributed by atoms with van der Waals surface area (Å²) in [5, 5.41) is 9.84. The summed E-state index contributed by atoms with van der Waals surface area (Å²) in [6.45, 7) is 1.14. The number of benzene rings is 1. The third kappa shape index (κ3) is 3.31. The molecule has 2 unspecified atom stereocenters. The van der Waals surface area contributed by atoms with Crippen molar-refractivity contribution in [2.75, 3.05) is 32.9 Å². The quantitative estimate of drug-likeness (QED) is 0.809. The van der Waals surface area contributed by atoms with Crippen molar-refractivity contribution in [2.24, 2.45) is 0 Å². The van der Waals surface area contributed by atoms with Crippen LogP contribution >= 0.6 is 15.9 Å². The highest BCUT2D eigenvalue weighted by Crippen LogP contribution is 2.25. The van der Waals surface area contributed by atoms with Crippen LogP contribution in [0.5, 0.6) is 0 Å². The minimum Gasteiger partial charge on any atom is -0.398 e. The van der Waals surface area contributed by atoms with Crippen molar-refractivity contribution < 1.29 is 9.90 Å². The van der Waals surface area contributed by atoms with Gasteiger partial charge >= 0.3 is 0 Å². The van der Waals surface area contributed by atoms with Crippen LogP contribution in [0.1, 0.15) is 16.8 Å². The molecule has 20 heavy (non-hydrogen) atoms. The van der Waals surface area contributed by atoms with Crippen molar-refractivity contribution in [1.82, 2.24) is 9.80 Å². The van der Waals surface area contributed by atoms with E-state index in [1.165, 1.54) is 0 Å². The van der Waals surface area contributed by atoms with Gasteiger partial charge in [0.15, 0.2) is 0 Å². The van der Waals surface area contributed by atoms with Gasteiger partial charge in [-0.15, -0.1) is 0 Å². The van der Waals surface area contributed by atoms with Crippen LogP contribution in [0.3, 0.4) is 0 Å². The Morgan fingerprint density at radius 1 is 1.55 bits per heavy atom. The Morgan fingerprint density at radius 2 is 2.25 bits per heavy atom. The van der Waals surface area contributed by atoms with E-state index in [4.69, 9.17) is 5.73 Å². The van der Waals surface area contributed by atoms with E-state index in [1.807, 2.05) is 19.0 Å². The predicted molar refractivity (Wildman–Crippen MR) is 82.6 cm³/mol. The van der Waals surface area contributed by atoms with Gasteiger partial charge in [-0.25, -0.2) is 0 Å². The molecule has 2 atom stereocenters. The van der Waals surface area contributed by atoms with Gasteiger partial charge in [0.1, 0.15) is 0 Å². The fourth-order valence-corrected chi connectivity index (χ4v) is 2.94. The van der Waals surface area contributed by atoms with Crippen LogP contribution in [0, 0.1) is 0 Å². The van der Waals surface area contributed by atoms with E-state index >= 15 is 0 Å². The number of likely N-dealkylation sites (N-methyl/N-ethyl adjacent to an activating group) is 1. The van der Waals surface area contributed by atoms with Crippen molar-refractivity contribution in [3.05, 3.63) is 28.2 Å². The van der Waals surface area contributed by atoms with Gasteiger partial charge in [-0.1, -0.05) is 0 Å². The fourth-order valence-electron chi connectivity index (χ4n) is 2.56. The molecule has 3 N–H and O–H groups in total. The maximum absolute atomic E-state index is 12.6. The highest BCUT2D eigenvalue weighted by atomic mass is 79.9. The Morgan fingerprint density at radius 3 is 2.85 bits per heavy atom. The second-order valence-electron chi connectivity index (χ2n) is 5.50. The second kappa shape index (κ2) is 6.11. The minimum atomic E-state index is -0.443. The molecule has 0 aliphatic carbocycles. The summed E-state index contributed by atoms with van der Waals surface area (Å²) in [5.74, 6) is -0.0610. The highest BCUT2D eigenvalue weighted by Gasteiger charge is 2.34. The van der Waals surface area contributed by atoms with Crippen molar-refractivity contribution in [3.63, 3.8) is 0 Å². The summed E-state index contributed by atoms with van der Waals surface area (Å²) in [4.78, 5) is 16.4. The predicted octanol–water partition coefficient (Wildman–Crippen LogP) is 1.17. The summed E-state index contributed by atoms with van der Waals surface area (Å²) in [7, 11) is 3.93. The number of amides is 1. The first-order valence-electron chi connectivity index (χ1n) is 6.57. The Balaban J connectivity index is 2.19. The molecule has 1 aromatic rings. The fraction of sp³-hybridized carbons (Fsp3) is 0.500. The van der Waals surface area contributed by atoms with E-state index in [0.717, 1.165) is 6.54 Å². The summed E-state index contributed by atoms with van der Waals surface area (Å²) in [5.41, 5.74) is 6.93. The Bertz CT molecular complexity index is 507. The average molecular weight is 342 g/mol. The molecule has 0 bridgehead atoms. The van der Waals surface area contributed by atoms with Gasteiger partial charge in [0.05, 0.1) is 6.10 Å². The summed E-state index contributed by atoms with van der Waals surface area (Å²) in [6, 6.07) is 5.21. The normalized spacial score (nSPS) is 22.6. The van der Waals surface area contributed by atoms with Crippen molar-refractivity contribution >= 4 is 27.5 Å². The summed E-state index contributed by atoms with van der Waals surface area (Å²) in [6.07, 6.45) is 0.182. The molecule has 6 heteroatoms. The molecule has 0 aromatic heterocycles. The molecule has 1 fully saturated rings. The van der Waals surface area contributed by atoms with Gasteiger partial charge in [-0.05, 0) is 54.6 Å². The average Bonchev–Trinajstić information content (AvgIpc) is 2.72. The second-order valence-corrected chi connectivity index (χ2v) is 6.35.